The number of hydrogen-bond acceptors (Lipinski definition) is 6. The molecule has 0 amide bonds. The number of aromatic hydroxyl groups is 1. The number of methoxy groups -OCH3 is 2. The van der Waals surface area contributed by atoms with E-state index in [2.05, 4.69) is 39.3 Å². The molecule has 1 aliphatic rings. The van der Waals surface area contributed by atoms with E-state index in [0.29, 0.717) is 24.1 Å². The number of aliphatic imine (C=N–C) groups is 1. The first-order valence-electron chi connectivity index (χ1n) is 10.3. The van der Waals surface area contributed by atoms with Crippen LogP contribution < -0.4 is 20.1 Å². The zero-order valence-corrected chi connectivity index (χ0v) is 21.5. The number of nitrogens with zero attached hydrogens (tertiary/aromatic N) is 2. The first-order valence-corrected chi connectivity index (χ1v) is 11.3. The Labute approximate surface area is 205 Å². The normalized spacial score (nSPS) is 15.3. The fourth-order valence-corrected chi connectivity index (χ4v) is 4.26. The van der Waals surface area contributed by atoms with Crippen LogP contribution in [0.1, 0.15) is 30.9 Å². The Hall–Kier alpha value is -1.72. The Bertz CT molecular complexity index is 799. The number of piperidine rings is 1. The third-order valence-corrected chi connectivity index (χ3v) is 5.95. The molecule has 0 bridgehead atoms. The van der Waals surface area contributed by atoms with Crippen molar-refractivity contribution >= 4 is 41.3 Å². The fraction of sp³-hybridized carbons (Fsp3) is 0.500. The minimum Gasteiger partial charge on any atom is -0.502 e. The number of ether oxygens (including phenoxy) is 2. The van der Waals surface area contributed by atoms with E-state index in [0.717, 1.165) is 50.5 Å². The SMILES string of the molecule is CCNC(=NCc1cc(OC)c(O)c(OC)c1)NC1CCN(Cc2ccsc2)CC1.I. The second-order valence-electron chi connectivity index (χ2n) is 7.37. The number of phenols is 1. The highest BCUT2D eigenvalue weighted by atomic mass is 127. The zero-order chi connectivity index (χ0) is 21.3. The summed E-state index contributed by atoms with van der Waals surface area (Å²) in [5.74, 6) is 1.58. The van der Waals surface area contributed by atoms with Gasteiger partial charge >= 0.3 is 0 Å². The van der Waals surface area contributed by atoms with Crippen LogP contribution in [0.4, 0.5) is 0 Å². The summed E-state index contributed by atoms with van der Waals surface area (Å²) in [5.41, 5.74) is 2.31. The second-order valence-corrected chi connectivity index (χ2v) is 8.15. The lowest BCUT2D eigenvalue weighted by molar-refractivity contribution is 0.198. The number of thiophene rings is 1. The summed E-state index contributed by atoms with van der Waals surface area (Å²) in [4.78, 5) is 7.24. The van der Waals surface area contributed by atoms with Crippen molar-refractivity contribution in [3.05, 3.63) is 40.1 Å². The summed E-state index contributed by atoms with van der Waals surface area (Å²) < 4.78 is 10.5. The van der Waals surface area contributed by atoms with Gasteiger partial charge in [0.25, 0.3) is 0 Å². The van der Waals surface area contributed by atoms with Crippen LogP contribution in [0.3, 0.4) is 0 Å². The first kappa shape index (κ1) is 25.5. The quantitative estimate of drug-likeness (QED) is 0.259. The molecule has 0 saturated carbocycles. The Morgan fingerprint density at radius 1 is 1.19 bits per heavy atom. The van der Waals surface area contributed by atoms with Crippen molar-refractivity contribution in [2.45, 2.75) is 38.9 Å². The maximum absolute atomic E-state index is 10.1. The molecule has 1 aromatic carbocycles. The Morgan fingerprint density at radius 2 is 1.87 bits per heavy atom. The Kier molecular flexibility index (Phi) is 10.7. The molecule has 1 aliphatic heterocycles. The molecule has 3 N–H and O–H groups in total. The summed E-state index contributed by atoms with van der Waals surface area (Å²) in [6, 6.07) is 6.19. The average molecular weight is 561 g/mol. The van der Waals surface area contributed by atoms with E-state index in [1.54, 1.807) is 23.5 Å². The third-order valence-electron chi connectivity index (χ3n) is 5.22. The average Bonchev–Trinajstić information content (AvgIpc) is 3.27. The van der Waals surface area contributed by atoms with Crippen LogP contribution in [0.2, 0.25) is 0 Å². The van der Waals surface area contributed by atoms with Crippen LogP contribution in [0.25, 0.3) is 0 Å². The topological polar surface area (TPSA) is 78.4 Å². The minimum atomic E-state index is 0. The van der Waals surface area contributed by atoms with E-state index in [1.165, 1.54) is 19.8 Å². The number of nitrogens with one attached hydrogen (secondary N) is 2. The van der Waals surface area contributed by atoms with E-state index < -0.39 is 0 Å². The van der Waals surface area contributed by atoms with E-state index >= 15 is 0 Å². The summed E-state index contributed by atoms with van der Waals surface area (Å²) in [7, 11) is 3.05. The van der Waals surface area contributed by atoms with Gasteiger partial charge in [-0.05, 0) is 59.9 Å². The van der Waals surface area contributed by atoms with Gasteiger partial charge in [0.2, 0.25) is 5.75 Å². The Morgan fingerprint density at radius 3 is 2.42 bits per heavy atom. The second kappa shape index (κ2) is 13.0. The molecule has 2 heterocycles. The number of benzene rings is 1. The van der Waals surface area contributed by atoms with Gasteiger partial charge in [-0.1, -0.05) is 0 Å². The van der Waals surface area contributed by atoms with Gasteiger partial charge in [0.15, 0.2) is 17.5 Å². The van der Waals surface area contributed by atoms with E-state index in [4.69, 9.17) is 14.5 Å². The minimum absolute atomic E-state index is 0. The molecule has 0 radical (unpaired) electrons. The monoisotopic (exact) mass is 560 g/mol. The maximum Gasteiger partial charge on any atom is 0.200 e. The predicted molar refractivity (Wildman–Crippen MR) is 137 cm³/mol. The zero-order valence-electron chi connectivity index (χ0n) is 18.4. The largest absolute Gasteiger partial charge is 0.502 e. The highest BCUT2D eigenvalue weighted by Gasteiger charge is 2.20. The lowest BCUT2D eigenvalue weighted by atomic mass is 10.0. The Balaban J connectivity index is 0.00000341. The number of hydrogen-bond donors (Lipinski definition) is 3. The third kappa shape index (κ3) is 7.43. The number of halogens is 1. The van der Waals surface area contributed by atoms with E-state index in [9.17, 15) is 5.11 Å². The van der Waals surface area contributed by atoms with Crippen molar-refractivity contribution in [1.82, 2.24) is 15.5 Å². The molecule has 0 spiro atoms. The molecule has 0 atom stereocenters. The smallest absolute Gasteiger partial charge is 0.200 e. The molecule has 31 heavy (non-hydrogen) atoms. The molecular formula is C22H33IN4O3S. The molecule has 1 saturated heterocycles. The van der Waals surface area contributed by atoms with Crippen molar-refractivity contribution in [2.75, 3.05) is 33.9 Å². The number of likely N-dealkylation sites (tertiary alicyclic amines) is 1. The molecule has 2 aromatic rings. The summed E-state index contributed by atoms with van der Waals surface area (Å²) in [6.07, 6.45) is 2.19. The lowest BCUT2D eigenvalue weighted by Gasteiger charge is -2.33. The van der Waals surface area contributed by atoms with Gasteiger partial charge in [-0.15, -0.1) is 24.0 Å². The molecule has 0 aliphatic carbocycles. The van der Waals surface area contributed by atoms with Gasteiger partial charge in [0.05, 0.1) is 20.8 Å². The highest BCUT2D eigenvalue weighted by Crippen LogP contribution is 2.37. The van der Waals surface area contributed by atoms with Gasteiger partial charge in [-0.2, -0.15) is 11.3 Å². The molecule has 7 nitrogen and oxygen atoms in total. The molecule has 1 aromatic heterocycles. The van der Waals surface area contributed by atoms with Crippen LogP contribution in [0.5, 0.6) is 17.2 Å². The molecule has 0 unspecified atom stereocenters. The van der Waals surface area contributed by atoms with Gasteiger partial charge in [-0.3, -0.25) is 4.90 Å². The molecule has 1 fully saturated rings. The molecule has 3 rings (SSSR count). The molecular weight excluding hydrogens is 527 g/mol. The van der Waals surface area contributed by atoms with Crippen LogP contribution in [-0.4, -0.2) is 55.9 Å². The molecule has 9 heteroatoms. The standard InChI is InChI=1S/C22H32N4O3S.HI/c1-4-23-22(24-13-17-11-19(28-2)21(27)20(12-17)29-3)25-18-5-8-26(9-6-18)14-16-7-10-30-15-16;/h7,10-12,15,18,27H,4-6,8-9,13-14H2,1-3H3,(H2,23,24,25);1H. The summed E-state index contributed by atoms with van der Waals surface area (Å²) in [6.45, 7) is 6.52. The van der Waals surface area contributed by atoms with E-state index in [-0.39, 0.29) is 29.7 Å². The predicted octanol–water partition coefficient (Wildman–Crippen LogP) is 3.81. The van der Waals surface area contributed by atoms with Crippen LogP contribution in [0.15, 0.2) is 34.0 Å². The van der Waals surface area contributed by atoms with Crippen LogP contribution >= 0.6 is 35.3 Å². The van der Waals surface area contributed by atoms with Gasteiger partial charge in [0, 0.05) is 32.2 Å². The lowest BCUT2D eigenvalue weighted by Crippen LogP contribution is -2.48. The summed E-state index contributed by atoms with van der Waals surface area (Å²) in [5, 5.41) is 21.4. The van der Waals surface area contributed by atoms with Crippen molar-refractivity contribution in [1.29, 1.82) is 0 Å². The van der Waals surface area contributed by atoms with Crippen molar-refractivity contribution in [3.63, 3.8) is 0 Å². The maximum atomic E-state index is 10.1. The van der Waals surface area contributed by atoms with E-state index in [1.807, 2.05) is 0 Å². The van der Waals surface area contributed by atoms with Crippen LogP contribution in [0, 0.1) is 0 Å². The number of guanidine groups is 1. The number of rotatable bonds is 8. The van der Waals surface area contributed by atoms with Crippen LogP contribution in [-0.2, 0) is 13.1 Å². The number of phenolic OH excluding ortho intramolecular Hbond substituents is 1. The summed E-state index contributed by atoms with van der Waals surface area (Å²) >= 11 is 1.76. The fourth-order valence-electron chi connectivity index (χ4n) is 3.60. The van der Waals surface area contributed by atoms with Gasteiger partial charge in [0.1, 0.15) is 0 Å². The van der Waals surface area contributed by atoms with Gasteiger partial charge in [-0.25, -0.2) is 4.99 Å². The van der Waals surface area contributed by atoms with Gasteiger partial charge < -0.3 is 25.2 Å². The van der Waals surface area contributed by atoms with Crippen molar-refractivity contribution in [2.24, 2.45) is 4.99 Å². The highest BCUT2D eigenvalue weighted by molar-refractivity contribution is 14.0. The molecule has 172 valence electrons. The van der Waals surface area contributed by atoms with Crippen molar-refractivity contribution < 1.29 is 14.6 Å². The van der Waals surface area contributed by atoms with Crippen molar-refractivity contribution in [3.8, 4) is 17.2 Å². The first-order chi connectivity index (χ1) is 14.6.